The van der Waals surface area contributed by atoms with Crippen LogP contribution in [0.1, 0.15) is 181 Å². The number of aryl methyl sites for hydroxylation is 4. The van der Waals surface area contributed by atoms with Crippen molar-refractivity contribution in [2.75, 3.05) is 0 Å². The predicted molar refractivity (Wildman–Crippen MR) is 311 cm³/mol. The van der Waals surface area contributed by atoms with Crippen LogP contribution in [0, 0.1) is 0 Å². The Kier molecular flexibility index (Phi) is 19.6. The van der Waals surface area contributed by atoms with Crippen LogP contribution in [0.25, 0.3) is 79.2 Å². The first kappa shape index (κ1) is 53.3. The van der Waals surface area contributed by atoms with Crippen molar-refractivity contribution in [1.82, 2.24) is 19.9 Å². The van der Waals surface area contributed by atoms with Gasteiger partial charge in [0.25, 0.3) is 0 Å². The quantitative estimate of drug-likeness (QED) is 0.0468. The molecule has 0 spiro atoms. The standard InChI is InChI=1S/C68H78N4.Cu/c1-5-9-13-17-21-49-25-33-53(34-26-49)62-47-61-46-59-42-41-57(69-59)45-58-43-44-60(70-58)48-63-64(54-35-27-50(28-36-54)22-18-14-10-6-2)65(55-37-29-51(30-38-55)23-19-15-11-7-3)68(72-63)66(67(62)71-61)56-39-31-52(32-40-56)24-20-16-12-8-4;/h25-48,69,72H,5-24H2,1-4H3;. The van der Waals surface area contributed by atoms with E-state index in [4.69, 9.17) is 9.97 Å². The van der Waals surface area contributed by atoms with Gasteiger partial charge < -0.3 is 9.97 Å². The normalized spacial score (nSPS) is 12.0. The number of fused-ring (bicyclic) bond motifs is 8. The second kappa shape index (κ2) is 26.8. The molecule has 8 bridgehead atoms. The fourth-order valence-electron chi connectivity index (χ4n) is 10.7. The average Bonchev–Trinajstić information content (AvgIpc) is 4.23. The maximum Gasteiger partial charge on any atom is 0.0815 e. The van der Waals surface area contributed by atoms with Gasteiger partial charge in [-0.25, -0.2) is 9.97 Å². The minimum absolute atomic E-state index is 0. The predicted octanol–water partition coefficient (Wildman–Crippen LogP) is 19.6. The second-order valence-corrected chi connectivity index (χ2v) is 20.6. The van der Waals surface area contributed by atoms with Crippen LogP contribution in [0.15, 0.2) is 127 Å². The fraction of sp³-hybridized carbons (Fsp3) is 0.353. The van der Waals surface area contributed by atoms with E-state index in [1.165, 1.54) is 153 Å². The molecule has 7 aromatic rings. The van der Waals surface area contributed by atoms with Gasteiger partial charge in [-0.05, 0) is 144 Å². The minimum Gasteiger partial charge on any atom is -0.355 e. The van der Waals surface area contributed by atoms with E-state index in [0.29, 0.717) is 0 Å². The Morgan fingerprint density at radius 2 is 0.753 bits per heavy atom. The van der Waals surface area contributed by atoms with Gasteiger partial charge in [0, 0.05) is 55.9 Å². The monoisotopic (exact) mass is 1010 g/mol. The summed E-state index contributed by atoms with van der Waals surface area (Å²) in [7, 11) is 0. The fourth-order valence-corrected chi connectivity index (χ4v) is 10.7. The molecule has 0 saturated heterocycles. The van der Waals surface area contributed by atoms with E-state index in [0.717, 1.165) is 87.2 Å². The Labute approximate surface area is 447 Å². The van der Waals surface area contributed by atoms with Crippen LogP contribution >= 0.6 is 0 Å². The third-order valence-corrected chi connectivity index (χ3v) is 14.9. The van der Waals surface area contributed by atoms with Gasteiger partial charge in [-0.15, -0.1) is 0 Å². The average molecular weight is 1010 g/mol. The number of aromatic amines is 2. The zero-order valence-corrected chi connectivity index (χ0v) is 45.1. The zero-order valence-electron chi connectivity index (χ0n) is 44.2. The maximum absolute atomic E-state index is 5.73. The van der Waals surface area contributed by atoms with Crippen molar-refractivity contribution in [2.45, 2.75) is 156 Å². The van der Waals surface area contributed by atoms with Crippen LogP contribution in [0.2, 0.25) is 0 Å². The third-order valence-electron chi connectivity index (χ3n) is 14.9. The van der Waals surface area contributed by atoms with Gasteiger partial charge in [-0.1, -0.05) is 202 Å². The number of hydrogen-bond donors (Lipinski definition) is 2. The maximum atomic E-state index is 5.73. The molecule has 381 valence electrons. The Hall–Kier alpha value is -6.00. The van der Waals surface area contributed by atoms with E-state index in [1.807, 2.05) is 0 Å². The number of rotatable bonds is 24. The van der Waals surface area contributed by atoms with Crippen molar-refractivity contribution in [3.8, 4) is 33.4 Å². The summed E-state index contributed by atoms with van der Waals surface area (Å²) in [5.41, 5.74) is 22.7. The largest absolute Gasteiger partial charge is 0.355 e. The third kappa shape index (κ3) is 13.8. The first-order valence-corrected chi connectivity index (χ1v) is 28.1. The summed E-state index contributed by atoms with van der Waals surface area (Å²) in [6.07, 6.45) is 31.0. The molecule has 4 aromatic carbocycles. The molecule has 2 aliphatic rings. The molecule has 2 aliphatic heterocycles. The van der Waals surface area contributed by atoms with Gasteiger partial charge in [0.1, 0.15) is 0 Å². The molecule has 0 atom stereocenters. The number of nitrogens with zero attached hydrogens (tertiary/aromatic N) is 2. The first-order chi connectivity index (χ1) is 35.5. The van der Waals surface area contributed by atoms with Crippen LogP contribution in [-0.4, -0.2) is 19.9 Å². The van der Waals surface area contributed by atoms with Crippen LogP contribution < -0.4 is 0 Å². The number of hydrogen-bond acceptors (Lipinski definition) is 2. The summed E-state index contributed by atoms with van der Waals surface area (Å²) in [4.78, 5) is 18.8. The number of benzene rings is 4. The van der Waals surface area contributed by atoms with Gasteiger partial charge in [0.05, 0.1) is 28.3 Å². The Morgan fingerprint density at radius 3 is 1.21 bits per heavy atom. The van der Waals surface area contributed by atoms with Crippen molar-refractivity contribution in [2.24, 2.45) is 0 Å². The van der Waals surface area contributed by atoms with Gasteiger partial charge in [-0.3, -0.25) is 0 Å². The summed E-state index contributed by atoms with van der Waals surface area (Å²) in [6.45, 7) is 9.15. The summed E-state index contributed by atoms with van der Waals surface area (Å²) in [5.74, 6) is 0. The molecule has 0 fully saturated rings. The molecule has 2 N–H and O–H groups in total. The molecule has 0 unspecified atom stereocenters. The first-order valence-electron chi connectivity index (χ1n) is 28.1. The van der Waals surface area contributed by atoms with Crippen molar-refractivity contribution >= 4 is 45.9 Å². The SMILES string of the molecule is CCCCCCc1ccc(C2=Cc3cc4ccc(cc5nc(cc6[nH]c(c(-c7ccc(CCCCCC)cc7)c2n3)c(-c2ccc(CCCCCC)cc2)c6-c2ccc(CCCCCC)cc2)C=C5)[nH]4)cc1.[Cu]. The summed E-state index contributed by atoms with van der Waals surface area (Å²) in [6, 6.07) is 48.7. The van der Waals surface area contributed by atoms with Crippen LogP contribution in [0.3, 0.4) is 0 Å². The molecule has 0 saturated carbocycles. The summed E-state index contributed by atoms with van der Waals surface area (Å²) < 4.78 is 0. The molecule has 0 aliphatic carbocycles. The zero-order chi connectivity index (χ0) is 49.5. The summed E-state index contributed by atoms with van der Waals surface area (Å²) in [5, 5.41) is 0. The smallest absolute Gasteiger partial charge is 0.0815 e. The van der Waals surface area contributed by atoms with E-state index in [9.17, 15) is 0 Å². The van der Waals surface area contributed by atoms with E-state index < -0.39 is 0 Å². The molecular weight excluding hydrogens is 936 g/mol. The molecule has 5 heterocycles. The molecule has 73 heavy (non-hydrogen) atoms. The Morgan fingerprint density at radius 1 is 0.356 bits per heavy atom. The molecule has 5 heteroatoms. The van der Waals surface area contributed by atoms with Crippen LogP contribution in [0.5, 0.6) is 0 Å². The van der Waals surface area contributed by atoms with Gasteiger partial charge in [-0.2, -0.15) is 0 Å². The topological polar surface area (TPSA) is 57.4 Å². The molecule has 4 nitrogen and oxygen atoms in total. The molecule has 9 rings (SSSR count). The second-order valence-electron chi connectivity index (χ2n) is 20.6. The van der Waals surface area contributed by atoms with E-state index in [-0.39, 0.29) is 17.1 Å². The summed E-state index contributed by atoms with van der Waals surface area (Å²) >= 11 is 0. The van der Waals surface area contributed by atoms with E-state index in [1.54, 1.807) is 0 Å². The van der Waals surface area contributed by atoms with Gasteiger partial charge in [0.2, 0.25) is 0 Å². The van der Waals surface area contributed by atoms with Gasteiger partial charge in [0.15, 0.2) is 0 Å². The molecule has 1 radical (unpaired) electrons. The number of aromatic nitrogens is 4. The van der Waals surface area contributed by atoms with Crippen LogP contribution in [0.4, 0.5) is 0 Å². The van der Waals surface area contributed by atoms with Crippen LogP contribution in [-0.2, 0) is 42.8 Å². The van der Waals surface area contributed by atoms with Crippen molar-refractivity contribution in [3.05, 3.63) is 178 Å². The number of H-pyrrole nitrogens is 2. The van der Waals surface area contributed by atoms with E-state index >= 15 is 0 Å². The Bertz CT molecular complexity index is 3090. The molecular formula is C68H78CuN4. The minimum atomic E-state index is 0. The number of nitrogens with one attached hydrogen (secondary N) is 2. The van der Waals surface area contributed by atoms with Crippen molar-refractivity contribution in [1.29, 1.82) is 0 Å². The van der Waals surface area contributed by atoms with E-state index in [2.05, 4.69) is 183 Å². The Balaban J connectivity index is 0.00000711. The van der Waals surface area contributed by atoms with Crippen molar-refractivity contribution < 1.29 is 17.1 Å². The molecule has 0 amide bonds. The number of unbranched alkanes of at least 4 members (excludes halogenated alkanes) is 12. The van der Waals surface area contributed by atoms with Crippen molar-refractivity contribution in [3.63, 3.8) is 0 Å². The van der Waals surface area contributed by atoms with Gasteiger partial charge >= 0.3 is 0 Å². The molecule has 3 aromatic heterocycles.